The van der Waals surface area contributed by atoms with Crippen molar-refractivity contribution < 1.29 is 9.13 Å². The Hall–Kier alpha value is -1.10. The molecule has 0 saturated carbocycles. The Morgan fingerprint density at radius 3 is 2.71 bits per heavy atom. The lowest BCUT2D eigenvalue weighted by molar-refractivity contribution is 0.188. The molecule has 0 aliphatic rings. The molecule has 2 unspecified atom stereocenters. The SMILES string of the molecule is CC(Oc1cccc(Cl)c1)C(N)Cc1ccc(Br)cc1F. The third-order valence-corrected chi connectivity index (χ3v) is 3.92. The first-order valence-electron chi connectivity index (χ1n) is 6.57. The first kappa shape index (κ1) is 16.3. The molecule has 2 N–H and O–H groups in total. The Morgan fingerprint density at radius 2 is 2.05 bits per heavy atom. The molecule has 2 nitrogen and oxygen atoms in total. The fourth-order valence-electron chi connectivity index (χ4n) is 1.95. The highest BCUT2D eigenvalue weighted by Crippen LogP contribution is 2.21. The molecule has 0 saturated heterocycles. The zero-order valence-corrected chi connectivity index (χ0v) is 13.9. The van der Waals surface area contributed by atoms with E-state index in [4.69, 9.17) is 22.1 Å². The van der Waals surface area contributed by atoms with Crippen molar-refractivity contribution in [3.05, 3.63) is 63.3 Å². The van der Waals surface area contributed by atoms with Gasteiger partial charge in [-0.25, -0.2) is 4.39 Å². The minimum absolute atomic E-state index is 0.258. The number of hydrogen-bond acceptors (Lipinski definition) is 2. The second kappa shape index (κ2) is 7.25. The molecule has 0 aliphatic carbocycles. The van der Waals surface area contributed by atoms with Gasteiger partial charge in [-0.15, -0.1) is 0 Å². The van der Waals surface area contributed by atoms with Crippen molar-refractivity contribution in [3.63, 3.8) is 0 Å². The van der Waals surface area contributed by atoms with E-state index in [0.717, 1.165) is 0 Å². The van der Waals surface area contributed by atoms with Crippen LogP contribution >= 0.6 is 27.5 Å². The van der Waals surface area contributed by atoms with Gasteiger partial charge >= 0.3 is 0 Å². The second-order valence-electron chi connectivity index (χ2n) is 4.88. The molecule has 2 rings (SSSR count). The van der Waals surface area contributed by atoms with Gasteiger partial charge in [-0.3, -0.25) is 0 Å². The van der Waals surface area contributed by atoms with Gasteiger partial charge in [0.05, 0.1) is 0 Å². The quantitative estimate of drug-likeness (QED) is 0.834. The zero-order chi connectivity index (χ0) is 15.4. The van der Waals surface area contributed by atoms with Crippen LogP contribution in [0, 0.1) is 5.82 Å². The molecule has 21 heavy (non-hydrogen) atoms. The van der Waals surface area contributed by atoms with Crippen LogP contribution in [0.3, 0.4) is 0 Å². The van der Waals surface area contributed by atoms with Gasteiger partial charge in [-0.1, -0.05) is 39.7 Å². The molecule has 0 aromatic heterocycles. The number of benzene rings is 2. The molecule has 2 atom stereocenters. The highest BCUT2D eigenvalue weighted by atomic mass is 79.9. The first-order chi connectivity index (χ1) is 9.95. The Labute approximate surface area is 137 Å². The van der Waals surface area contributed by atoms with E-state index in [9.17, 15) is 4.39 Å². The molecule has 2 aromatic carbocycles. The first-order valence-corrected chi connectivity index (χ1v) is 7.74. The van der Waals surface area contributed by atoms with Crippen LogP contribution in [0.15, 0.2) is 46.9 Å². The average molecular weight is 373 g/mol. The predicted molar refractivity (Wildman–Crippen MR) is 87.3 cm³/mol. The van der Waals surface area contributed by atoms with Gasteiger partial charge in [0, 0.05) is 15.5 Å². The average Bonchev–Trinajstić information content (AvgIpc) is 2.41. The van der Waals surface area contributed by atoms with Crippen LogP contribution < -0.4 is 10.5 Å². The van der Waals surface area contributed by atoms with Crippen LogP contribution in [0.5, 0.6) is 5.75 Å². The summed E-state index contributed by atoms with van der Waals surface area (Å²) in [7, 11) is 0. The van der Waals surface area contributed by atoms with E-state index < -0.39 is 0 Å². The summed E-state index contributed by atoms with van der Waals surface area (Å²) in [4.78, 5) is 0. The topological polar surface area (TPSA) is 35.2 Å². The summed E-state index contributed by atoms with van der Waals surface area (Å²) in [5, 5.41) is 0.604. The van der Waals surface area contributed by atoms with Gasteiger partial charge in [-0.2, -0.15) is 0 Å². The smallest absolute Gasteiger partial charge is 0.127 e. The lowest BCUT2D eigenvalue weighted by Gasteiger charge is -2.22. The van der Waals surface area contributed by atoms with E-state index in [1.807, 2.05) is 19.1 Å². The highest BCUT2D eigenvalue weighted by molar-refractivity contribution is 9.10. The van der Waals surface area contributed by atoms with Crippen LogP contribution in [-0.4, -0.2) is 12.1 Å². The molecule has 0 heterocycles. The van der Waals surface area contributed by atoms with Gasteiger partial charge in [0.1, 0.15) is 17.7 Å². The molecule has 0 radical (unpaired) electrons. The Kier molecular flexibility index (Phi) is 5.62. The van der Waals surface area contributed by atoms with Crippen molar-refractivity contribution in [1.82, 2.24) is 0 Å². The summed E-state index contributed by atoms with van der Waals surface area (Å²) in [6.45, 7) is 1.86. The van der Waals surface area contributed by atoms with Crippen LogP contribution in [-0.2, 0) is 6.42 Å². The van der Waals surface area contributed by atoms with Crippen molar-refractivity contribution >= 4 is 27.5 Å². The van der Waals surface area contributed by atoms with E-state index in [1.165, 1.54) is 6.07 Å². The van der Waals surface area contributed by atoms with Gasteiger partial charge in [0.15, 0.2) is 0 Å². The third-order valence-electron chi connectivity index (χ3n) is 3.19. The van der Waals surface area contributed by atoms with E-state index >= 15 is 0 Å². The van der Waals surface area contributed by atoms with Gasteiger partial charge < -0.3 is 10.5 Å². The van der Waals surface area contributed by atoms with E-state index in [-0.39, 0.29) is 18.0 Å². The second-order valence-corrected chi connectivity index (χ2v) is 6.24. The van der Waals surface area contributed by atoms with Crippen LogP contribution in [0.1, 0.15) is 12.5 Å². The molecule has 0 aliphatic heterocycles. The summed E-state index contributed by atoms with van der Waals surface area (Å²) in [5.74, 6) is 0.386. The largest absolute Gasteiger partial charge is 0.489 e. The molecule has 5 heteroatoms. The summed E-state index contributed by atoms with van der Waals surface area (Å²) in [5.41, 5.74) is 6.68. The molecule has 0 amide bonds. The standard InChI is InChI=1S/C16H16BrClFNO/c1-10(21-14-4-2-3-13(18)9-14)16(20)7-11-5-6-12(17)8-15(11)19/h2-6,8-10,16H,7,20H2,1H3. The minimum Gasteiger partial charge on any atom is -0.489 e. The Bertz CT molecular complexity index is 623. The number of halogens is 3. The van der Waals surface area contributed by atoms with E-state index in [0.29, 0.717) is 27.2 Å². The van der Waals surface area contributed by atoms with Crippen LogP contribution in [0.4, 0.5) is 4.39 Å². The zero-order valence-electron chi connectivity index (χ0n) is 11.5. The molecular weight excluding hydrogens is 357 g/mol. The number of rotatable bonds is 5. The lowest BCUT2D eigenvalue weighted by Crippen LogP contribution is -2.38. The number of hydrogen-bond donors (Lipinski definition) is 1. The monoisotopic (exact) mass is 371 g/mol. The summed E-state index contributed by atoms with van der Waals surface area (Å²) in [6.07, 6.45) is 0.146. The highest BCUT2D eigenvalue weighted by Gasteiger charge is 2.17. The van der Waals surface area contributed by atoms with Crippen molar-refractivity contribution in [1.29, 1.82) is 0 Å². The minimum atomic E-state index is -0.320. The van der Waals surface area contributed by atoms with E-state index in [1.54, 1.807) is 24.3 Å². The van der Waals surface area contributed by atoms with E-state index in [2.05, 4.69) is 15.9 Å². The normalized spacial score (nSPS) is 13.8. The van der Waals surface area contributed by atoms with Crippen molar-refractivity contribution in [2.24, 2.45) is 5.73 Å². The lowest BCUT2D eigenvalue weighted by atomic mass is 10.0. The van der Waals surface area contributed by atoms with Crippen molar-refractivity contribution in [2.45, 2.75) is 25.5 Å². The van der Waals surface area contributed by atoms with Crippen molar-refractivity contribution in [3.8, 4) is 5.75 Å². The van der Waals surface area contributed by atoms with Crippen molar-refractivity contribution in [2.75, 3.05) is 0 Å². The fourth-order valence-corrected chi connectivity index (χ4v) is 2.46. The maximum absolute atomic E-state index is 13.8. The molecule has 2 aromatic rings. The summed E-state index contributed by atoms with van der Waals surface area (Å²) < 4.78 is 20.3. The fraction of sp³-hybridized carbons (Fsp3) is 0.250. The molecule has 112 valence electrons. The number of nitrogens with two attached hydrogens (primary N) is 1. The van der Waals surface area contributed by atoms with Gasteiger partial charge in [0.25, 0.3) is 0 Å². The number of ether oxygens (including phenoxy) is 1. The Morgan fingerprint density at radius 1 is 1.29 bits per heavy atom. The summed E-state index contributed by atoms with van der Waals surface area (Å²) in [6, 6.07) is 11.8. The maximum Gasteiger partial charge on any atom is 0.127 e. The summed E-state index contributed by atoms with van der Waals surface area (Å²) >= 11 is 9.14. The van der Waals surface area contributed by atoms with Gasteiger partial charge in [0.2, 0.25) is 0 Å². The maximum atomic E-state index is 13.8. The molecule has 0 bridgehead atoms. The van der Waals surface area contributed by atoms with Crippen LogP contribution in [0.2, 0.25) is 5.02 Å². The molecule has 0 spiro atoms. The Balaban J connectivity index is 2.00. The molecular formula is C16H16BrClFNO. The predicted octanol–water partition coefficient (Wildman–Crippen LogP) is 4.58. The van der Waals surface area contributed by atoms with Gasteiger partial charge in [-0.05, 0) is 49.2 Å². The molecule has 0 fully saturated rings. The van der Waals surface area contributed by atoms with Crippen LogP contribution in [0.25, 0.3) is 0 Å². The third kappa shape index (κ3) is 4.70.